The van der Waals surface area contributed by atoms with Crippen molar-refractivity contribution in [3.8, 4) is 5.69 Å². The predicted molar refractivity (Wildman–Crippen MR) is 157 cm³/mol. The summed E-state index contributed by atoms with van der Waals surface area (Å²) in [5.41, 5.74) is 3.10. The molecule has 42 heavy (non-hydrogen) atoms. The van der Waals surface area contributed by atoms with Crippen molar-refractivity contribution < 1.29 is 24.0 Å². The van der Waals surface area contributed by atoms with Gasteiger partial charge in [0, 0.05) is 28.6 Å². The maximum absolute atomic E-state index is 12.8. The number of benzene rings is 3. The Morgan fingerprint density at radius 3 is 2.43 bits per heavy atom. The molecule has 0 saturated carbocycles. The molecule has 216 valence electrons. The SMILES string of the molecule is CCOC(=O)c1ccc(NC(=O)CSc2nnc(CNC(=O)c3ccc(C)c([N+](=O)[O-])c3)n2-c2cccc(C)c2)cc1. The molecule has 0 spiro atoms. The molecule has 0 aliphatic rings. The third-order valence-electron chi connectivity index (χ3n) is 6.05. The number of anilines is 1. The summed E-state index contributed by atoms with van der Waals surface area (Å²) in [4.78, 5) is 48.1. The first-order valence-electron chi connectivity index (χ1n) is 12.9. The van der Waals surface area contributed by atoms with Crippen LogP contribution in [0.4, 0.5) is 11.4 Å². The van der Waals surface area contributed by atoms with Gasteiger partial charge in [-0.25, -0.2) is 4.79 Å². The molecule has 0 fully saturated rings. The quantitative estimate of drug-likeness (QED) is 0.110. The summed E-state index contributed by atoms with van der Waals surface area (Å²) in [5, 5.41) is 25.8. The lowest BCUT2D eigenvalue weighted by molar-refractivity contribution is -0.385. The first-order chi connectivity index (χ1) is 20.2. The van der Waals surface area contributed by atoms with Crippen molar-refractivity contribution >= 4 is 40.9 Å². The summed E-state index contributed by atoms with van der Waals surface area (Å²) in [6.07, 6.45) is 0. The van der Waals surface area contributed by atoms with Crippen molar-refractivity contribution in [1.82, 2.24) is 20.1 Å². The van der Waals surface area contributed by atoms with Gasteiger partial charge in [-0.1, -0.05) is 30.0 Å². The fourth-order valence-corrected chi connectivity index (χ4v) is 4.75. The fraction of sp³-hybridized carbons (Fsp3) is 0.207. The Kier molecular flexibility index (Phi) is 9.65. The lowest BCUT2D eigenvalue weighted by Gasteiger charge is -2.12. The number of aryl methyl sites for hydroxylation is 2. The second-order valence-corrected chi connectivity index (χ2v) is 10.1. The van der Waals surface area contributed by atoms with Gasteiger partial charge in [0.1, 0.15) is 0 Å². The van der Waals surface area contributed by atoms with Crippen molar-refractivity contribution in [1.29, 1.82) is 0 Å². The van der Waals surface area contributed by atoms with Gasteiger partial charge in [0.25, 0.3) is 11.6 Å². The summed E-state index contributed by atoms with van der Waals surface area (Å²) in [7, 11) is 0. The van der Waals surface area contributed by atoms with Gasteiger partial charge >= 0.3 is 5.97 Å². The van der Waals surface area contributed by atoms with Gasteiger partial charge in [0.05, 0.1) is 29.4 Å². The molecular weight excluding hydrogens is 560 g/mol. The van der Waals surface area contributed by atoms with Crippen LogP contribution in [0.15, 0.2) is 71.9 Å². The number of nitro benzene ring substituents is 1. The number of hydrogen-bond donors (Lipinski definition) is 2. The molecular formula is C29H28N6O6S. The van der Waals surface area contributed by atoms with E-state index in [-0.39, 0.29) is 36.1 Å². The Labute approximate surface area is 245 Å². The zero-order chi connectivity index (χ0) is 30.2. The number of carbonyl (C=O) groups excluding carboxylic acids is 3. The molecule has 2 N–H and O–H groups in total. The van der Waals surface area contributed by atoms with E-state index in [0.717, 1.165) is 23.0 Å². The van der Waals surface area contributed by atoms with Crippen molar-refractivity contribution in [2.45, 2.75) is 32.5 Å². The average molecular weight is 589 g/mol. The number of nitro groups is 1. The van der Waals surface area contributed by atoms with Gasteiger partial charge in [-0.15, -0.1) is 10.2 Å². The molecule has 0 aliphatic carbocycles. The number of thioether (sulfide) groups is 1. The van der Waals surface area contributed by atoms with Crippen molar-refractivity contribution in [3.05, 3.63) is 105 Å². The zero-order valence-corrected chi connectivity index (χ0v) is 23.9. The molecule has 1 aromatic heterocycles. The molecule has 13 heteroatoms. The molecule has 2 amide bonds. The smallest absolute Gasteiger partial charge is 0.338 e. The van der Waals surface area contributed by atoms with Crippen LogP contribution in [0.5, 0.6) is 0 Å². The summed E-state index contributed by atoms with van der Waals surface area (Å²) in [5.74, 6) is -0.803. The fourth-order valence-electron chi connectivity index (χ4n) is 3.97. The Hall–Kier alpha value is -5.04. The average Bonchev–Trinajstić information content (AvgIpc) is 3.38. The predicted octanol–water partition coefficient (Wildman–Crippen LogP) is 4.63. The van der Waals surface area contributed by atoms with Crippen LogP contribution >= 0.6 is 11.8 Å². The Balaban J connectivity index is 1.47. The molecule has 0 saturated heterocycles. The number of esters is 1. The number of hydrogen-bond acceptors (Lipinski definition) is 9. The number of amides is 2. The van der Waals surface area contributed by atoms with Crippen LogP contribution in [0.25, 0.3) is 5.69 Å². The second-order valence-electron chi connectivity index (χ2n) is 9.15. The van der Waals surface area contributed by atoms with Crippen LogP contribution in [-0.4, -0.2) is 49.8 Å². The molecule has 12 nitrogen and oxygen atoms in total. The van der Waals surface area contributed by atoms with E-state index < -0.39 is 16.8 Å². The highest BCUT2D eigenvalue weighted by molar-refractivity contribution is 7.99. The lowest BCUT2D eigenvalue weighted by Crippen LogP contribution is -2.25. The van der Waals surface area contributed by atoms with E-state index in [4.69, 9.17) is 4.74 Å². The van der Waals surface area contributed by atoms with E-state index in [2.05, 4.69) is 20.8 Å². The Morgan fingerprint density at radius 2 is 1.74 bits per heavy atom. The summed E-state index contributed by atoms with van der Waals surface area (Å²) in [6.45, 7) is 5.52. The van der Waals surface area contributed by atoms with Gasteiger partial charge < -0.3 is 15.4 Å². The third-order valence-corrected chi connectivity index (χ3v) is 6.98. The second kappa shape index (κ2) is 13.5. The minimum Gasteiger partial charge on any atom is -0.462 e. The maximum atomic E-state index is 12.8. The van der Waals surface area contributed by atoms with Gasteiger partial charge in [-0.05, 0) is 68.8 Å². The van der Waals surface area contributed by atoms with Gasteiger partial charge in [0.15, 0.2) is 11.0 Å². The molecule has 0 atom stereocenters. The number of carbonyl (C=O) groups is 3. The molecule has 4 aromatic rings. The van der Waals surface area contributed by atoms with Crippen LogP contribution in [0.1, 0.15) is 44.6 Å². The number of aromatic nitrogens is 3. The topological polar surface area (TPSA) is 158 Å². The lowest BCUT2D eigenvalue weighted by atomic mass is 10.1. The number of ether oxygens (including phenoxy) is 1. The maximum Gasteiger partial charge on any atom is 0.338 e. The molecule has 0 radical (unpaired) electrons. The minimum absolute atomic E-state index is 0.0129. The zero-order valence-electron chi connectivity index (χ0n) is 23.1. The van der Waals surface area contributed by atoms with E-state index in [1.807, 2.05) is 31.2 Å². The van der Waals surface area contributed by atoms with E-state index in [1.54, 1.807) is 42.7 Å². The number of rotatable bonds is 11. The molecule has 0 bridgehead atoms. The standard InChI is InChI=1S/C29H28N6O6S/c1-4-41-28(38)20-10-12-22(13-11-20)31-26(36)17-42-29-33-32-25(34(29)23-7-5-6-18(2)14-23)16-30-27(37)21-9-8-19(3)24(15-21)35(39)40/h5-15H,4,16-17H2,1-3H3,(H,30,37)(H,31,36). The largest absolute Gasteiger partial charge is 0.462 e. The monoisotopic (exact) mass is 588 g/mol. The Bertz CT molecular complexity index is 1640. The van der Waals surface area contributed by atoms with Gasteiger partial charge in [-0.3, -0.25) is 24.3 Å². The van der Waals surface area contributed by atoms with Crippen molar-refractivity contribution in [3.63, 3.8) is 0 Å². The van der Waals surface area contributed by atoms with Crippen LogP contribution in [0, 0.1) is 24.0 Å². The third kappa shape index (κ3) is 7.37. The minimum atomic E-state index is -0.529. The van der Waals surface area contributed by atoms with Crippen molar-refractivity contribution in [2.24, 2.45) is 0 Å². The number of nitrogens with zero attached hydrogens (tertiary/aromatic N) is 4. The highest BCUT2D eigenvalue weighted by Crippen LogP contribution is 2.24. The van der Waals surface area contributed by atoms with Crippen LogP contribution in [0.2, 0.25) is 0 Å². The highest BCUT2D eigenvalue weighted by Gasteiger charge is 2.19. The molecule has 0 unspecified atom stereocenters. The Morgan fingerprint density at radius 1 is 1.00 bits per heavy atom. The van der Waals surface area contributed by atoms with E-state index in [1.165, 1.54) is 18.2 Å². The highest BCUT2D eigenvalue weighted by atomic mass is 32.2. The van der Waals surface area contributed by atoms with Crippen LogP contribution in [-0.2, 0) is 16.1 Å². The van der Waals surface area contributed by atoms with E-state index in [9.17, 15) is 24.5 Å². The number of nitrogens with one attached hydrogen (secondary N) is 2. The molecule has 1 heterocycles. The summed E-state index contributed by atoms with van der Waals surface area (Å²) in [6, 6.07) is 18.3. The van der Waals surface area contributed by atoms with E-state index in [0.29, 0.717) is 27.8 Å². The first kappa shape index (κ1) is 29.9. The normalized spacial score (nSPS) is 10.6. The molecule has 3 aromatic carbocycles. The first-order valence-corrected chi connectivity index (χ1v) is 13.9. The van der Waals surface area contributed by atoms with Gasteiger partial charge in [-0.2, -0.15) is 0 Å². The summed E-state index contributed by atoms with van der Waals surface area (Å²) < 4.78 is 6.72. The van der Waals surface area contributed by atoms with E-state index >= 15 is 0 Å². The van der Waals surface area contributed by atoms with Crippen molar-refractivity contribution in [2.75, 3.05) is 17.7 Å². The van der Waals surface area contributed by atoms with Crippen LogP contribution < -0.4 is 10.6 Å². The molecule has 4 rings (SSSR count). The molecule has 0 aliphatic heterocycles. The van der Waals surface area contributed by atoms with Crippen LogP contribution in [0.3, 0.4) is 0 Å². The summed E-state index contributed by atoms with van der Waals surface area (Å²) >= 11 is 1.16. The van der Waals surface area contributed by atoms with Gasteiger partial charge in [0.2, 0.25) is 5.91 Å².